The molecule has 3 N–H and O–H groups in total. The lowest BCUT2D eigenvalue weighted by atomic mass is 9.89. The first kappa shape index (κ1) is 24.2. The number of aliphatic hydroxyl groups is 1. The van der Waals surface area contributed by atoms with Gasteiger partial charge in [0, 0.05) is 32.5 Å². The van der Waals surface area contributed by atoms with Crippen LogP contribution < -0.4 is 5.56 Å². The van der Waals surface area contributed by atoms with E-state index in [2.05, 4.69) is 4.98 Å². The Hall–Kier alpha value is -3.44. The molecular formula is C22H27N3O8. The van der Waals surface area contributed by atoms with Crippen molar-refractivity contribution in [3.63, 3.8) is 0 Å². The summed E-state index contributed by atoms with van der Waals surface area (Å²) in [5.41, 5.74) is -2.04. The molecule has 0 aliphatic carbocycles. The first-order chi connectivity index (χ1) is 15.8. The van der Waals surface area contributed by atoms with E-state index in [9.17, 15) is 29.7 Å². The molecule has 1 amide bonds. The minimum Gasteiger partial charge on any atom is -0.501 e. The van der Waals surface area contributed by atoms with Gasteiger partial charge in [0.25, 0.3) is 5.56 Å². The molecule has 11 nitrogen and oxygen atoms in total. The van der Waals surface area contributed by atoms with Crippen molar-refractivity contribution in [2.75, 3.05) is 26.3 Å². The van der Waals surface area contributed by atoms with Gasteiger partial charge in [-0.15, -0.1) is 0 Å². The van der Waals surface area contributed by atoms with E-state index in [1.54, 1.807) is 6.92 Å². The minimum absolute atomic E-state index is 0.0379. The van der Waals surface area contributed by atoms with Crippen LogP contribution in [0.2, 0.25) is 0 Å². The quantitative estimate of drug-likeness (QED) is 0.528. The number of carboxylic acids is 1. The summed E-state index contributed by atoms with van der Waals surface area (Å²) >= 11 is 0. The Labute approximate surface area is 189 Å². The number of aromatic carboxylic acids is 1. The van der Waals surface area contributed by atoms with Gasteiger partial charge in [0.2, 0.25) is 5.75 Å². The second-order valence-corrected chi connectivity index (χ2v) is 7.58. The highest BCUT2D eigenvalue weighted by atomic mass is 16.6. The molecule has 2 heterocycles. The number of hydrogen-bond donors (Lipinski definition) is 3. The number of aliphatic hydroxyl groups excluding tert-OH is 1. The van der Waals surface area contributed by atoms with E-state index in [1.807, 2.05) is 30.3 Å². The Balaban J connectivity index is 1.85. The van der Waals surface area contributed by atoms with Crippen LogP contribution >= 0.6 is 0 Å². The highest BCUT2D eigenvalue weighted by Gasteiger charge is 2.43. The first-order valence-electron chi connectivity index (χ1n) is 10.6. The van der Waals surface area contributed by atoms with Crippen LogP contribution in [-0.4, -0.2) is 68.1 Å². The molecule has 2 aromatic rings. The van der Waals surface area contributed by atoms with Gasteiger partial charge in [-0.25, -0.2) is 14.6 Å². The number of aromatic hydroxyl groups is 1. The summed E-state index contributed by atoms with van der Waals surface area (Å²) in [4.78, 5) is 42.3. The fraction of sp³-hybridized carbons (Fsp3) is 0.455. The smallest absolute Gasteiger partial charge is 0.410 e. The lowest BCUT2D eigenvalue weighted by Gasteiger charge is -2.41. The van der Waals surface area contributed by atoms with Gasteiger partial charge < -0.3 is 29.7 Å². The van der Waals surface area contributed by atoms with Crippen LogP contribution in [0.3, 0.4) is 0 Å². The monoisotopic (exact) mass is 461 g/mol. The van der Waals surface area contributed by atoms with E-state index in [0.29, 0.717) is 0 Å². The number of ether oxygens (including phenoxy) is 2. The van der Waals surface area contributed by atoms with Crippen molar-refractivity contribution in [1.82, 2.24) is 14.5 Å². The lowest BCUT2D eigenvalue weighted by Crippen LogP contribution is -2.49. The second kappa shape index (κ2) is 10.5. The molecular weight excluding hydrogens is 434 g/mol. The number of amides is 1. The van der Waals surface area contributed by atoms with Gasteiger partial charge in [0.1, 0.15) is 18.0 Å². The lowest BCUT2D eigenvalue weighted by molar-refractivity contribution is -0.104. The number of carbonyl (C=O) groups is 2. The number of hydrogen-bond acceptors (Lipinski definition) is 8. The number of likely N-dealkylation sites (tertiary alicyclic amines) is 1. The van der Waals surface area contributed by atoms with Crippen LogP contribution in [0.1, 0.15) is 41.6 Å². The Kier molecular flexibility index (Phi) is 7.67. The van der Waals surface area contributed by atoms with Crippen molar-refractivity contribution in [2.24, 2.45) is 0 Å². The van der Waals surface area contributed by atoms with Crippen molar-refractivity contribution < 1.29 is 34.4 Å². The summed E-state index contributed by atoms with van der Waals surface area (Å²) in [6.07, 6.45) is -0.139. The molecule has 11 heteroatoms. The number of carbonyl (C=O) groups excluding carboxylic acids is 1. The van der Waals surface area contributed by atoms with Crippen molar-refractivity contribution in [2.45, 2.75) is 38.5 Å². The molecule has 0 radical (unpaired) electrons. The fourth-order valence-corrected chi connectivity index (χ4v) is 3.87. The summed E-state index contributed by atoms with van der Waals surface area (Å²) in [5.74, 6) is -2.46. The summed E-state index contributed by atoms with van der Waals surface area (Å²) < 4.78 is 12.4. The third-order valence-electron chi connectivity index (χ3n) is 5.58. The van der Waals surface area contributed by atoms with Gasteiger partial charge in [-0.3, -0.25) is 9.36 Å². The predicted molar refractivity (Wildman–Crippen MR) is 115 cm³/mol. The van der Waals surface area contributed by atoms with Crippen LogP contribution in [0.15, 0.2) is 35.1 Å². The van der Waals surface area contributed by atoms with Crippen LogP contribution in [0.5, 0.6) is 5.75 Å². The van der Waals surface area contributed by atoms with Crippen molar-refractivity contribution in [3.05, 3.63) is 57.8 Å². The van der Waals surface area contributed by atoms with E-state index in [1.165, 1.54) is 4.90 Å². The molecule has 1 fully saturated rings. The van der Waals surface area contributed by atoms with Crippen LogP contribution in [0.4, 0.5) is 4.79 Å². The maximum Gasteiger partial charge on any atom is 0.410 e. The van der Waals surface area contributed by atoms with Gasteiger partial charge in [-0.2, -0.15) is 0 Å². The molecule has 0 bridgehead atoms. The van der Waals surface area contributed by atoms with E-state index < -0.39 is 34.7 Å². The molecule has 33 heavy (non-hydrogen) atoms. The molecule has 1 aromatic carbocycles. The van der Waals surface area contributed by atoms with Crippen LogP contribution in [0, 0.1) is 0 Å². The predicted octanol–water partition coefficient (Wildman–Crippen LogP) is 1.30. The largest absolute Gasteiger partial charge is 0.501 e. The molecule has 1 aromatic heterocycles. The molecule has 1 aliphatic rings. The molecule has 178 valence electrons. The SMILES string of the molecule is CCn1c(C2(OCCO)CCN(C(=O)OCc3ccccc3)CC2)nc(C(=O)O)c(O)c1=O. The summed E-state index contributed by atoms with van der Waals surface area (Å²) in [5, 5.41) is 28.7. The molecule has 0 atom stereocenters. The highest BCUT2D eigenvalue weighted by molar-refractivity contribution is 5.88. The Morgan fingerprint density at radius 3 is 2.42 bits per heavy atom. The van der Waals surface area contributed by atoms with E-state index >= 15 is 0 Å². The van der Waals surface area contributed by atoms with Gasteiger partial charge >= 0.3 is 12.1 Å². The summed E-state index contributed by atoms with van der Waals surface area (Å²) in [7, 11) is 0. The number of nitrogens with zero attached hydrogens (tertiary/aromatic N) is 3. The standard InChI is InChI=1S/C22H27N3O8/c1-2-25-18(28)17(27)16(19(29)30)23-20(25)22(33-13-12-26)8-10-24(11-9-22)21(31)32-14-15-6-4-3-5-7-15/h3-7,26-27H,2,8-14H2,1H3,(H,29,30). The third-order valence-corrected chi connectivity index (χ3v) is 5.58. The molecule has 0 unspecified atom stereocenters. The van der Waals surface area contributed by atoms with Crippen molar-refractivity contribution in [3.8, 4) is 5.75 Å². The maximum absolute atomic E-state index is 12.6. The zero-order valence-corrected chi connectivity index (χ0v) is 18.3. The third kappa shape index (κ3) is 5.15. The molecule has 1 saturated heterocycles. The zero-order valence-electron chi connectivity index (χ0n) is 18.3. The van der Waals surface area contributed by atoms with Gasteiger partial charge in [-0.05, 0) is 12.5 Å². The topological polar surface area (TPSA) is 151 Å². The van der Waals surface area contributed by atoms with Crippen molar-refractivity contribution in [1.29, 1.82) is 0 Å². The highest BCUT2D eigenvalue weighted by Crippen LogP contribution is 2.36. The van der Waals surface area contributed by atoms with Crippen LogP contribution in [-0.2, 0) is 28.2 Å². The second-order valence-electron chi connectivity index (χ2n) is 7.58. The Morgan fingerprint density at radius 1 is 1.18 bits per heavy atom. The van der Waals surface area contributed by atoms with Gasteiger partial charge in [0.05, 0.1) is 13.2 Å². The maximum atomic E-state index is 12.6. The minimum atomic E-state index is -1.55. The number of benzene rings is 1. The molecule has 0 spiro atoms. The average molecular weight is 461 g/mol. The molecule has 1 aliphatic heterocycles. The number of piperidine rings is 1. The number of carboxylic acid groups (broad SMARTS) is 1. The Bertz CT molecular complexity index is 1050. The number of aromatic nitrogens is 2. The average Bonchev–Trinajstić information content (AvgIpc) is 2.83. The number of rotatable bonds is 8. The molecule has 0 saturated carbocycles. The Morgan fingerprint density at radius 2 is 1.85 bits per heavy atom. The van der Waals surface area contributed by atoms with E-state index in [4.69, 9.17) is 9.47 Å². The normalized spacial score (nSPS) is 15.3. The van der Waals surface area contributed by atoms with E-state index in [-0.39, 0.29) is 58.1 Å². The molecule has 3 rings (SSSR count). The van der Waals surface area contributed by atoms with Gasteiger partial charge in [-0.1, -0.05) is 30.3 Å². The fourth-order valence-electron chi connectivity index (χ4n) is 3.87. The van der Waals surface area contributed by atoms with Crippen molar-refractivity contribution >= 4 is 12.1 Å². The summed E-state index contributed by atoms with van der Waals surface area (Å²) in [6.45, 7) is 1.90. The van der Waals surface area contributed by atoms with Crippen LogP contribution in [0.25, 0.3) is 0 Å². The zero-order chi connectivity index (χ0) is 24.0. The summed E-state index contributed by atoms with van der Waals surface area (Å²) in [6, 6.07) is 9.25. The van der Waals surface area contributed by atoms with Gasteiger partial charge in [0.15, 0.2) is 5.69 Å². The van der Waals surface area contributed by atoms with E-state index in [0.717, 1.165) is 10.1 Å². The first-order valence-corrected chi connectivity index (χ1v) is 10.6.